The number of imidazole rings is 1. The van der Waals surface area contributed by atoms with Gasteiger partial charge in [0.2, 0.25) is 0 Å². The first-order valence-electron chi connectivity index (χ1n) is 12.0. The minimum atomic E-state index is -1.97. The molecule has 0 spiro atoms. The van der Waals surface area contributed by atoms with E-state index >= 15 is 0 Å². The summed E-state index contributed by atoms with van der Waals surface area (Å²) in [5.74, 6) is 0.632. The predicted octanol–water partition coefficient (Wildman–Crippen LogP) is 5.94. The maximum absolute atomic E-state index is 7.00. The Kier molecular flexibility index (Phi) is 7.03. The Hall–Kier alpha value is -1.56. The van der Waals surface area contributed by atoms with Crippen molar-refractivity contribution in [3.63, 3.8) is 0 Å². The third kappa shape index (κ3) is 5.41. The summed E-state index contributed by atoms with van der Waals surface area (Å²) in [7, 11) is -3.82. The van der Waals surface area contributed by atoms with Crippen molar-refractivity contribution in [3.05, 3.63) is 24.8 Å². The molecule has 9 heteroatoms. The van der Waals surface area contributed by atoms with Gasteiger partial charge in [-0.2, -0.15) is 0 Å². The van der Waals surface area contributed by atoms with Gasteiger partial charge in [-0.1, -0.05) is 53.7 Å². The molecule has 2 aromatic heterocycles. The number of hydrogen-bond acceptors (Lipinski definition) is 6. The number of nitrogen functional groups attached to an aromatic ring is 1. The SMILES string of the molecule is CC(C)(C)[Si](C)(C)OC[C@@H]1C=C[C@H](n2cnc3c(N)ncnc32)C[C@H]1O[Si](C)(C)C(C)(C)C. The van der Waals surface area contributed by atoms with Crippen molar-refractivity contribution in [3.8, 4) is 0 Å². The number of aromatic nitrogens is 4. The fourth-order valence-corrected chi connectivity index (χ4v) is 6.00. The zero-order valence-electron chi connectivity index (χ0n) is 22.1. The third-order valence-corrected chi connectivity index (χ3v) is 17.0. The van der Waals surface area contributed by atoms with E-state index < -0.39 is 16.6 Å². The first kappa shape index (κ1) is 26.1. The van der Waals surface area contributed by atoms with E-state index in [1.807, 2.05) is 6.33 Å². The molecule has 0 bridgehead atoms. The van der Waals surface area contributed by atoms with Crippen molar-refractivity contribution in [2.24, 2.45) is 5.92 Å². The lowest BCUT2D eigenvalue weighted by Gasteiger charge is -2.44. The van der Waals surface area contributed by atoms with Gasteiger partial charge in [0.25, 0.3) is 0 Å². The molecule has 3 atom stereocenters. The molecule has 33 heavy (non-hydrogen) atoms. The molecule has 1 aliphatic rings. The molecule has 0 amide bonds. The molecule has 2 heterocycles. The standard InChI is InChI=1S/C24H43N5O2Si2/c1-23(2,3)32(7,8)30-14-17-11-12-18(13-19(17)31-33(9,10)24(4,5)6)29-16-28-20-21(25)26-15-27-22(20)29/h11-12,15-19H,13-14H2,1-10H3,(H2,25,26,27)/t17-,18-,19+/m0/s1. The highest BCUT2D eigenvalue weighted by Crippen LogP contribution is 2.42. The van der Waals surface area contributed by atoms with Crippen LogP contribution in [-0.4, -0.2) is 48.9 Å². The van der Waals surface area contributed by atoms with Crippen LogP contribution >= 0.6 is 0 Å². The van der Waals surface area contributed by atoms with E-state index in [1.165, 1.54) is 6.33 Å². The van der Waals surface area contributed by atoms with Crippen LogP contribution in [0, 0.1) is 5.92 Å². The van der Waals surface area contributed by atoms with Crippen LogP contribution in [0.3, 0.4) is 0 Å². The minimum Gasteiger partial charge on any atom is -0.416 e. The monoisotopic (exact) mass is 489 g/mol. The topological polar surface area (TPSA) is 88.1 Å². The lowest BCUT2D eigenvalue weighted by Crippen LogP contribution is -2.49. The van der Waals surface area contributed by atoms with Crippen LogP contribution in [0.5, 0.6) is 0 Å². The van der Waals surface area contributed by atoms with E-state index in [2.05, 4.69) is 99.4 Å². The quantitative estimate of drug-likeness (QED) is 0.399. The molecule has 0 unspecified atom stereocenters. The molecule has 0 saturated carbocycles. The summed E-state index contributed by atoms with van der Waals surface area (Å²) >= 11 is 0. The van der Waals surface area contributed by atoms with Gasteiger partial charge in [-0.15, -0.1) is 0 Å². The number of rotatable bonds is 6. The van der Waals surface area contributed by atoms with Crippen LogP contribution in [0.25, 0.3) is 11.2 Å². The van der Waals surface area contributed by atoms with Crippen molar-refractivity contribution in [2.75, 3.05) is 12.3 Å². The van der Waals surface area contributed by atoms with Gasteiger partial charge in [-0.05, 0) is 42.7 Å². The Bertz CT molecular complexity index is 1000. The van der Waals surface area contributed by atoms with Gasteiger partial charge >= 0.3 is 0 Å². The Morgan fingerprint density at radius 1 is 0.970 bits per heavy atom. The molecule has 2 aromatic rings. The van der Waals surface area contributed by atoms with Gasteiger partial charge in [-0.3, -0.25) is 0 Å². The van der Waals surface area contributed by atoms with E-state index in [0.717, 1.165) is 12.1 Å². The predicted molar refractivity (Wildman–Crippen MR) is 141 cm³/mol. The lowest BCUT2D eigenvalue weighted by atomic mass is 9.90. The van der Waals surface area contributed by atoms with Crippen molar-refractivity contribution in [2.45, 2.75) is 96.4 Å². The van der Waals surface area contributed by atoms with Crippen molar-refractivity contribution in [1.29, 1.82) is 0 Å². The maximum atomic E-state index is 7.00. The van der Waals surface area contributed by atoms with E-state index in [1.54, 1.807) is 0 Å². The molecular formula is C24H43N5O2Si2. The lowest BCUT2D eigenvalue weighted by molar-refractivity contribution is 0.0807. The van der Waals surface area contributed by atoms with Gasteiger partial charge in [-0.25, -0.2) is 15.0 Å². The molecule has 0 saturated heterocycles. The molecule has 1 aliphatic carbocycles. The highest BCUT2D eigenvalue weighted by Gasteiger charge is 2.43. The third-order valence-electron chi connectivity index (χ3n) is 7.97. The molecule has 0 aliphatic heterocycles. The smallest absolute Gasteiger partial charge is 0.192 e. The Balaban J connectivity index is 1.90. The summed E-state index contributed by atoms with van der Waals surface area (Å²) in [4.78, 5) is 13.0. The fraction of sp³-hybridized carbons (Fsp3) is 0.708. The molecule has 7 nitrogen and oxygen atoms in total. The molecule has 2 N–H and O–H groups in total. The van der Waals surface area contributed by atoms with Crippen LogP contribution in [0.4, 0.5) is 5.82 Å². The number of nitrogens with zero attached hydrogens (tertiary/aromatic N) is 4. The average molecular weight is 490 g/mol. The van der Waals surface area contributed by atoms with Crippen molar-refractivity contribution >= 4 is 33.6 Å². The summed E-state index contributed by atoms with van der Waals surface area (Å²) in [6, 6.07) is 0.100. The van der Waals surface area contributed by atoms with Gasteiger partial charge in [0.05, 0.1) is 18.5 Å². The van der Waals surface area contributed by atoms with E-state index in [4.69, 9.17) is 14.6 Å². The second-order valence-corrected chi connectivity index (χ2v) is 22.0. The molecule has 0 fully saturated rings. The number of hydrogen-bond donors (Lipinski definition) is 1. The molecular weight excluding hydrogens is 446 g/mol. The Morgan fingerprint density at radius 2 is 1.61 bits per heavy atom. The summed E-state index contributed by atoms with van der Waals surface area (Å²) in [6.45, 7) is 23.7. The maximum Gasteiger partial charge on any atom is 0.192 e. The summed E-state index contributed by atoms with van der Waals surface area (Å²) in [6.07, 6.45) is 8.79. The molecule has 0 aromatic carbocycles. The van der Waals surface area contributed by atoms with Crippen molar-refractivity contribution < 1.29 is 8.85 Å². The Morgan fingerprint density at radius 3 is 2.21 bits per heavy atom. The van der Waals surface area contributed by atoms with Crippen molar-refractivity contribution in [1.82, 2.24) is 19.5 Å². The number of allylic oxidation sites excluding steroid dienone is 1. The van der Waals surface area contributed by atoms with Gasteiger partial charge in [0.15, 0.2) is 28.1 Å². The summed E-state index contributed by atoms with van der Waals surface area (Å²) in [5.41, 5.74) is 7.43. The van der Waals surface area contributed by atoms with Crippen LogP contribution < -0.4 is 5.73 Å². The summed E-state index contributed by atoms with van der Waals surface area (Å²) in [5, 5.41) is 0.316. The molecule has 3 rings (SSSR count). The zero-order valence-corrected chi connectivity index (χ0v) is 24.1. The first-order valence-corrected chi connectivity index (χ1v) is 17.8. The largest absolute Gasteiger partial charge is 0.416 e. The van der Waals surface area contributed by atoms with Gasteiger partial charge in [0.1, 0.15) is 11.8 Å². The number of nitrogens with two attached hydrogens (primary N) is 1. The first-order chi connectivity index (χ1) is 15.0. The second-order valence-electron chi connectivity index (χ2n) is 12.4. The minimum absolute atomic E-state index is 0.0716. The van der Waals surface area contributed by atoms with Gasteiger partial charge < -0.3 is 19.2 Å². The second kappa shape index (κ2) is 8.90. The molecule has 184 valence electrons. The van der Waals surface area contributed by atoms with Gasteiger partial charge in [0, 0.05) is 12.5 Å². The van der Waals surface area contributed by atoms with Crippen LogP contribution in [-0.2, 0) is 8.85 Å². The van der Waals surface area contributed by atoms with Crippen LogP contribution in [0.15, 0.2) is 24.8 Å². The van der Waals surface area contributed by atoms with Crippen LogP contribution in [0.1, 0.15) is 54.0 Å². The highest BCUT2D eigenvalue weighted by atomic mass is 28.4. The van der Waals surface area contributed by atoms with E-state index in [-0.39, 0.29) is 28.1 Å². The Labute approximate surface area is 201 Å². The highest BCUT2D eigenvalue weighted by molar-refractivity contribution is 6.74. The normalized spacial score (nSPS) is 22.8. The average Bonchev–Trinajstić information content (AvgIpc) is 3.10. The zero-order chi connectivity index (χ0) is 24.8. The molecule has 0 radical (unpaired) electrons. The fourth-order valence-electron chi connectivity index (χ4n) is 3.58. The number of fused-ring (bicyclic) bond motifs is 1. The number of anilines is 1. The van der Waals surface area contributed by atoms with E-state index in [0.29, 0.717) is 17.9 Å². The van der Waals surface area contributed by atoms with E-state index in [9.17, 15) is 0 Å². The van der Waals surface area contributed by atoms with Crippen LogP contribution in [0.2, 0.25) is 36.3 Å². The summed E-state index contributed by atoms with van der Waals surface area (Å²) < 4.78 is 15.7.